The fourth-order valence-electron chi connectivity index (χ4n) is 4.17. The Bertz CT molecular complexity index is 468. The number of nitrogen functional groups attached to an aromatic ring is 1. The average Bonchev–Trinajstić information content (AvgIpc) is 2.90. The summed E-state index contributed by atoms with van der Waals surface area (Å²) in [5.74, 6) is 0.836. The van der Waals surface area contributed by atoms with Gasteiger partial charge in [0.15, 0.2) is 0 Å². The van der Waals surface area contributed by atoms with Crippen LogP contribution in [0.15, 0.2) is 12.4 Å². The van der Waals surface area contributed by atoms with E-state index >= 15 is 0 Å². The molecule has 2 bridgehead atoms. The molecular weight excluding hydrogens is 238 g/mol. The zero-order chi connectivity index (χ0) is 13.7. The van der Waals surface area contributed by atoms with Gasteiger partial charge < -0.3 is 10.5 Å². The third-order valence-electron chi connectivity index (χ3n) is 6.01. The number of nitrogens with zero attached hydrogens (tertiary/aromatic N) is 2. The van der Waals surface area contributed by atoms with Gasteiger partial charge in [-0.1, -0.05) is 20.8 Å². The Hall–Kier alpha value is -1.03. The number of fused-ring (bicyclic) bond motifs is 2. The standard InChI is InChI=1S/C15H25N3O/c1-14(2)11-4-5-15(14,3)13(8-11)19-7-6-18-10-12(16)9-17-18/h9-11,13H,4-8,16H2,1-3H3. The van der Waals surface area contributed by atoms with Crippen LogP contribution >= 0.6 is 0 Å². The number of hydrogen-bond donors (Lipinski definition) is 1. The fraction of sp³-hybridized carbons (Fsp3) is 0.800. The SMILES string of the molecule is CC1(C)C2CCC1(C)C(OCCn1cc(N)cn1)C2. The van der Waals surface area contributed by atoms with Crippen molar-refractivity contribution in [2.45, 2.75) is 52.7 Å². The van der Waals surface area contributed by atoms with Gasteiger partial charge in [0.2, 0.25) is 0 Å². The van der Waals surface area contributed by atoms with Crippen LogP contribution in [0.2, 0.25) is 0 Å². The van der Waals surface area contributed by atoms with Crippen LogP contribution in [0.4, 0.5) is 5.69 Å². The molecule has 4 heteroatoms. The van der Waals surface area contributed by atoms with Gasteiger partial charge in [-0.05, 0) is 36.0 Å². The lowest BCUT2D eigenvalue weighted by Crippen LogP contribution is -2.37. The van der Waals surface area contributed by atoms with Gasteiger partial charge in [0.05, 0.1) is 31.1 Å². The number of rotatable bonds is 4. The molecule has 106 valence electrons. The largest absolute Gasteiger partial charge is 0.396 e. The molecule has 1 aromatic rings. The van der Waals surface area contributed by atoms with Crippen LogP contribution in [0.5, 0.6) is 0 Å². The zero-order valence-corrected chi connectivity index (χ0v) is 12.2. The van der Waals surface area contributed by atoms with Crippen molar-refractivity contribution in [3.8, 4) is 0 Å². The monoisotopic (exact) mass is 263 g/mol. The van der Waals surface area contributed by atoms with Gasteiger partial charge in [0.25, 0.3) is 0 Å². The molecule has 3 rings (SSSR count). The van der Waals surface area contributed by atoms with Crippen LogP contribution in [0, 0.1) is 16.7 Å². The van der Waals surface area contributed by atoms with Crippen LogP contribution in [0.3, 0.4) is 0 Å². The van der Waals surface area contributed by atoms with Gasteiger partial charge in [0.1, 0.15) is 0 Å². The first-order valence-corrected chi connectivity index (χ1v) is 7.33. The fourth-order valence-corrected chi connectivity index (χ4v) is 4.17. The van der Waals surface area contributed by atoms with Gasteiger partial charge in [-0.3, -0.25) is 4.68 Å². The molecule has 3 unspecified atom stereocenters. The summed E-state index contributed by atoms with van der Waals surface area (Å²) in [6, 6.07) is 0. The summed E-state index contributed by atoms with van der Waals surface area (Å²) in [4.78, 5) is 0. The van der Waals surface area contributed by atoms with Crippen molar-refractivity contribution in [2.75, 3.05) is 12.3 Å². The zero-order valence-electron chi connectivity index (χ0n) is 12.2. The molecule has 0 radical (unpaired) electrons. The van der Waals surface area contributed by atoms with E-state index < -0.39 is 0 Å². The Balaban J connectivity index is 1.57. The van der Waals surface area contributed by atoms with Crippen molar-refractivity contribution in [1.29, 1.82) is 0 Å². The van der Waals surface area contributed by atoms with Gasteiger partial charge in [0, 0.05) is 6.20 Å². The second-order valence-corrected chi connectivity index (χ2v) is 7.01. The molecule has 2 fully saturated rings. The van der Waals surface area contributed by atoms with E-state index in [-0.39, 0.29) is 0 Å². The number of ether oxygens (including phenoxy) is 1. The van der Waals surface area contributed by atoms with E-state index in [1.807, 2.05) is 10.9 Å². The smallest absolute Gasteiger partial charge is 0.0719 e. The summed E-state index contributed by atoms with van der Waals surface area (Å²) in [6.07, 6.45) is 7.86. The van der Waals surface area contributed by atoms with E-state index in [1.54, 1.807) is 6.20 Å². The van der Waals surface area contributed by atoms with E-state index in [4.69, 9.17) is 10.5 Å². The number of nitrogens with two attached hydrogens (primary N) is 1. The molecule has 3 atom stereocenters. The summed E-state index contributed by atoms with van der Waals surface area (Å²) >= 11 is 0. The molecule has 0 aliphatic heterocycles. The first kappa shape index (κ1) is 13.0. The first-order valence-electron chi connectivity index (χ1n) is 7.33. The summed E-state index contributed by atoms with van der Waals surface area (Å²) in [7, 11) is 0. The maximum atomic E-state index is 6.19. The molecule has 1 aromatic heterocycles. The van der Waals surface area contributed by atoms with Crippen LogP contribution in [-0.2, 0) is 11.3 Å². The highest BCUT2D eigenvalue weighted by Crippen LogP contribution is 2.66. The van der Waals surface area contributed by atoms with Gasteiger partial charge in [-0.25, -0.2) is 0 Å². The van der Waals surface area contributed by atoms with Crippen molar-refractivity contribution < 1.29 is 4.74 Å². The Morgan fingerprint density at radius 3 is 2.79 bits per heavy atom. The lowest BCUT2D eigenvalue weighted by atomic mass is 9.70. The minimum atomic E-state index is 0.348. The second kappa shape index (κ2) is 4.23. The molecular formula is C15H25N3O. The summed E-state index contributed by atoms with van der Waals surface area (Å²) < 4.78 is 8.04. The topological polar surface area (TPSA) is 53.1 Å². The maximum absolute atomic E-state index is 6.19. The third-order valence-corrected chi connectivity index (χ3v) is 6.01. The Labute approximate surface area is 115 Å². The molecule has 2 N–H and O–H groups in total. The van der Waals surface area contributed by atoms with Crippen molar-refractivity contribution in [2.24, 2.45) is 16.7 Å². The average molecular weight is 263 g/mol. The minimum Gasteiger partial charge on any atom is -0.396 e. The van der Waals surface area contributed by atoms with Crippen LogP contribution in [0.1, 0.15) is 40.0 Å². The molecule has 0 amide bonds. The predicted molar refractivity (Wildman–Crippen MR) is 75.6 cm³/mol. The number of hydrogen-bond acceptors (Lipinski definition) is 3. The van der Waals surface area contributed by atoms with Crippen molar-refractivity contribution >= 4 is 5.69 Å². The Kier molecular flexibility index (Phi) is 2.89. The molecule has 1 heterocycles. The Morgan fingerprint density at radius 1 is 1.47 bits per heavy atom. The normalized spacial score (nSPS) is 35.9. The molecule has 0 aromatic carbocycles. The highest BCUT2D eigenvalue weighted by Gasteiger charge is 2.61. The predicted octanol–water partition coefficient (Wildman–Crippen LogP) is 2.70. The van der Waals surface area contributed by atoms with Gasteiger partial charge in [-0.2, -0.15) is 5.10 Å². The summed E-state index contributed by atoms with van der Waals surface area (Å²) in [5, 5.41) is 4.19. The minimum absolute atomic E-state index is 0.348. The number of aromatic nitrogens is 2. The highest BCUT2D eigenvalue weighted by atomic mass is 16.5. The van der Waals surface area contributed by atoms with E-state index in [1.165, 1.54) is 19.3 Å². The van der Waals surface area contributed by atoms with E-state index in [9.17, 15) is 0 Å². The van der Waals surface area contributed by atoms with E-state index in [2.05, 4.69) is 25.9 Å². The first-order chi connectivity index (χ1) is 8.93. The van der Waals surface area contributed by atoms with Crippen molar-refractivity contribution in [3.63, 3.8) is 0 Å². The van der Waals surface area contributed by atoms with Gasteiger partial charge >= 0.3 is 0 Å². The summed E-state index contributed by atoms with van der Waals surface area (Å²) in [5.41, 5.74) is 7.14. The van der Waals surface area contributed by atoms with Crippen molar-refractivity contribution in [1.82, 2.24) is 9.78 Å². The van der Waals surface area contributed by atoms with Crippen LogP contribution in [0.25, 0.3) is 0 Å². The molecule has 19 heavy (non-hydrogen) atoms. The van der Waals surface area contributed by atoms with Crippen LogP contribution in [-0.4, -0.2) is 22.5 Å². The van der Waals surface area contributed by atoms with Gasteiger partial charge in [-0.15, -0.1) is 0 Å². The second-order valence-electron chi connectivity index (χ2n) is 7.01. The number of anilines is 1. The molecule has 2 aliphatic carbocycles. The molecule has 0 saturated heterocycles. The Morgan fingerprint density at radius 2 is 2.26 bits per heavy atom. The quantitative estimate of drug-likeness (QED) is 0.908. The molecule has 2 aliphatic rings. The van der Waals surface area contributed by atoms with Crippen molar-refractivity contribution in [3.05, 3.63) is 12.4 Å². The highest BCUT2D eigenvalue weighted by molar-refractivity contribution is 5.30. The van der Waals surface area contributed by atoms with Crippen LogP contribution < -0.4 is 5.73 Å². The lowest BCUT2D eigenvalue weighted by Gasteiger charge is -2.38. The molecule has 0 spiro atoms. The third kappa shape index (κ3) is 1.88. The molecule has 4 nitrogen and oxygen atoms in total. The van der Waals surface area contributed by atoms with E-state index in [0.717, 1.165) is 19.1 Å². The summed E-state index contributed by atoms with van der Waals surface area (Å²) in [6.45, 7) is 8.76. The molecule has 2 saturated carbocycles. The van der Waals surface area contributed by atoms with E-state index in [0.29, 0.717) is 22.6 Å². The maximum Gasteiger partial charge on any atom is 0.0719 e. The lowest BCUT2D eigenvalue weighted by molar-refractivity contribution is -0.0494.